The van der Waals surface area contributed by atoms with Gasteiger partial charge in [0.15, 0.2) is 11.5 Å². The molecule has 1 aliphatic rings. The molecule has 0 aliphatic carbocycles. The lowest BCUT2D eigenvalue weighted by molar-refractivity contribution is -0.124. The van der Waals surface area contributed by atoms with E-state index in [-0.39, 0.29) is 5.91 Å². The van der Waals surface area contributed by atoms with Gasteiger partial charge in [0.2, 0.25) is 5.91 Å². The van der Waals surface area contributed by atoms with Crippen LogP contribution in [0.15, 0.2) is 60.8 Å². The highest BCUT2D eigenvalue weighted by Crippen LogP contribution is 2.33. The molecule has 1 aliphatic heterocycles. The van der Waals surface area contributed by atoms with E-state index in [0.717, 1.165) is 48.4 Å². The van der Waals surface area contributed by atoms with Gasteiger partial charge >= 0.3 is 0 Å². The van der Waals surface area contributed by atoms with Crippen LogP contribution in [0, 0.1) is 0 Å². The first kappa shape index (κ1) is 19.8. The van der Waals surface area contributed by atoms with Gasteiger partial charge in [0.25, 0.3) is 0 Å². The van der Waals surface area contributed by atoms with Gasteiger partial charge in [-0.25, -0.2) is 4.68 Å². The van der Waals surface area contributed by atoms with Gasteiger partial charge in [-0.2, -0.15) is 5.10 Å². The Kier molecular flexibility index (Phi) is 5.84. The second-order valence-corrected chi connectivity index (χ2v) is 7.15. The first-order valence-corrected chi connectivity index (χ1v) is 10.0. The Morgan fingerprint density at radius 1 is 1.00 bits per heavy atom. The maximum absolute atomic E-state index is 12.5. The monoisotopic (exact) mass is 403 g/mol. The van der Waals surface area contributed by atoms with Crippen LogP contribution in [0.4, 0.5) is 0 Å². The fraction of sp³-hybridized carbons (Fsp3) is 0.250. The third kappa shape index (κ3) is 4.08. The van der Waals surface area contributed by atoms with Crippen LogP contribution in [0.1, 0.15) is 18.4 Å². The Hall–Kier alpha value is -3.54. The number of ether oxygens (including phenoxy) is 2. The van der Waals surface area contributed by atoms with Crippen LogP contribution in [-0.4, -0.2) is 47.9 Å². The molecule has 1 amide bonds. The number of benzene rings is 2. The molecule has 0 bridgehead atoms. The van der Waals surface area contributed by atoms with E-state index in [1.165, 1.54) is 0 Å². The fourth-order valence-electron chi connectivity index (χ4n) is 3.63. The number of likely N-dealkylation sites (tertiary alicyclic amines) is 1. The molecule has 0 saturated carbocycles. The smallest absolute Gasteiger partial charge is 0.246 e. The van der Waals surface area contributed by atoms with Crippen molar-refractivity contribution >= 4 is 12.0 Å². The molecule has 30 heavy (non-hydrogen) atoms. The predicted molar refractivity (Wildman–Crippen MR) is 117 cm³/mol. The minimum atomic E-state index is 0.0400. The van der Waals surface area contributed by atoms with Crippen molar-refractivity contribution in [3.63, 3.8) is 0 Å². The molecule has 154 valence electrons. The van der Waals surface area contributed by atoms with E-state index in [2.05, 4.69) is 0 Å². The molecule has 2 heterocycles. The minimum Gasteiger partial charge on any atom is -0.493 e. The lowest BCUT2D eigenvalue weighted by Crippen LogP contribution is -2.25. The van der Waals surface area contributed by atoms with Gasteiger partial charge in [-0.3, -0.25) is 4.79 Å². The molecule has 0 atom stereocenters. The van der Waals surface area contributed by atoms with Crippen molar-refractivity contribution in [3.8, 4) is 28.4 Å². The molecule has 6 heteroatoms. The number of hydrogen-bond donors (Lipinski definition) is 0. The highest BCUT2D eigenvalue weighted by Gasteiger charge is 2.17. The predicted octanol–water partition coefficient (Wildman–Crippen LogP) is 4.19. The van der Waals surface area contributed by atoms with Gasteiger partial charge < -0.3 is 14.4 Å². The molecule has 2 aromatic carbocycles. The summed E-state index contributed by atoms with van der Waals surface area (Å²) in [5.74, 6) is 1.33. The summed E-state index contributed by atoms with van der Waals surface area (Å²) in [6.07, 6.45) is 7.57. The van der Waals surface area contributed by atoms with Crippen LogP contribution in [-0.2, 0) is 4.79 Å². The molecule has 1 fully saturated rings. The Bertz CT molecular complexity index is 1050. The van der Waals surface area contributed by atoms with Gasteiger partial charge in [-0.1, -0.05) is 18.2 Å². The summed E-state index contributed by atoms with van der Waals surface area (Å²) < 4.78 is 12.6. The number of rotatable bonds is 6. The Balaban J connectivity index is 1.74. The van der Waals surface area contributed by atoms with Crippen molar-refractivity contribution in [2.24, 2.45) is 0 Å². The van der Waals surface area contributed by atoms with E-state index in [4.69, 9.17) is 14.6 Å². The van der Waals surface area contributed by atoms with Gasteiger partial charge in [-0.05, 0) is 49.2 Å². The molecule has 1 saturated heterocycles. The van der Waals surface area contributed by atoms with Crippen LogP contribution in [0.25, 0.3) is 23.0 Å². The largest absolute Gasteiger partial charge is 0.493 e. The van der Waals surface area contributed by atoms with E-state index >= 15 is 0 Å². The van der Waals surface area contributed by atoms with Crippen molar-refractivity contribution in [1.82, 2.24) is 14.7 Å². The molecule has 6 nitrogen and oxygen atoms in total. The van der Waals surface area contributed by atoms with E-state index in [9.17, 15) is 4.79 Å². The zero-order valence-electron chi connectivity index (χ0n) is 17.2. The maximum Gasteiger partial charge on any atom is 0.246 e. The second kappa shape index (κ2) is 8.86. The normalized spacial score (nSPS) is 13.7. The number of aromatic nitrogens is 2. The van der Waals surface area contributed by atoms with E-state index in [1.807, 2.05) is 70.4 Å². The van der Waals surface area contributed by atoms with Crippen molar-refractivity contribution in [2.75, 3.05) is 27.3 Å². The number of carbonyl (C=O) groups is 1. The molecular formula is C24H25N3O3. The first-order valence-electron chi connectivity index (χ1n) is 10.0. The third-order valence-electron chi connectivity index (χ3n) is 5.24. The summed E-state index contributed by atoms with van der Waals surface area (Å²) in [5, 5.41) is 4.80. The lowest BCUT2D eigenvalue weighted by Gasteiger charge is -2.11. The van der Waals surface area contributed by atoms with Crippen molar-refractivity contribution in [2.45, 2.75) is 12.8 Å². The van der Waals surface area contributed by atoms with Gasteiger partial charge in [0.1, 0.15) is 5.69 Å². The van der Waals surface area contributed by atoms with Crippen molar-refractivity contribution < 1.29 is 14.3 Å². The zero-order chi connectivity index (χ0) is 20.9. The molecule has 0 spiro atoms. The Labute approximate surface area is 176 Å². The molecule has 3 aromatic rings. The number of para-hydroxylation sites is 1. The number of amides is 1. The van der Waals surface area contributed by atoms with E-state index < -0.39 is 0 Å². The number of nitrogens with zero attached hydrogens (tertiary/aromatic N) is 3. The highest BCUT2D eigenvalue weighted by atomic mass is 16.5. The quantitative estimate of drug-likeness (QED) is 0.579. The second-order valence-electron chi connectivity index (χ2n) is 7.15. The summed E-state index contributed by atoms with van der Waals surface area (Å²) in [7, 11) is 3.22. The fourth-order valence-corrected chi connectivity index (χ4v) is 3.63. The zero-order valence-corrected chi connectivity index (χ0v) is 17.2. The van der Waals surface area contributed by atoms with Crippen molar-refractivity contribution in [3.05, 3.63) is 66.4 Å². The molecule has 0 N–H and O–H groups in total. The minimum absolute atomic E-state index is 0.0400. The summed E-state index contributed by atoms with van der Waals surface area (Å²) in [5.41, 5.74) is 3.46. The van der Waals surface area contributed by atoms with Gasteiger partial charge in [-0.15, -0.1) is 0 Å². The van der Waals surface area contributed by atoms with Crippen LogP contribution in [0.2, 0.25) is 0 Å². The van der Waals surface area contributed by atoms with Gasteiger partial charge in [0.05, 0.1) is 19.9 Å². The third-order valence-corrected chi connectivity index (χ3v) is 5.24. The average Bonchev–Trinajstić information content (AvgIpc) is 3.48. The number of methoxy groups -OCH3 is 2. The molecule has 0 unspecified atom stereocenters. The average molecular weight is 403 g/mol. The summed E-state index contributed by atoms with van der Waals surface area (Å²) in [4.78, 5) is 14.4. The number of carbonyl (C=O) groups excluding carboxylic acids is 1. The van der Waals surface area contributed by atoms with E-state index in [1.54, 1.807) is 20.3 Å². The van der Waals surface area contributed by atoms with Gasteiger partial charge in [0, 0.05) is 36.5 Å². The lowest BCUT2D eigenvalue weighted by atomic mass is 10.1. The standard InChI is InChI=1S/C24H25N3O3/c1-29-21-12-10-18(16-22(21)30-2)24-19(11-13-23(28)26-14-6-7-15-26)17-27(25-24)20-8-4-3-5-9-20/h3-5,8-13,16-17H,6-7,14-15H2,1-2H3. The SMILES string of the molecule is COc1ccc(-c2nn(-c3ccccc3)cc2C=CC(=O)N2CCCC2)cc1OC. The summed E-state index contributed by atoms with van der Waals surface area (Å²) >= 11 is 0. The molecule has 0 radical (unpaired) electrons. The first-order chi connectivity index (χ1) is 14.7. The molecule has 4 rings (SSSR count). The topological polar surface area (TPSA) is 56.6 Å². The summed E-state index contributed by atoms with van der Waals surface area (Å²) in [6, 6.07) is 15.6. The van der Waals surface area contributed by atoms with Crippen LogP contribution >= 0.6 is 0 Å². The number of hydrogen-bond acceptors (Lipinski definition) is 4. The van der Waals surface area contributed by atoms with Crippen LogP contribution < -0.4 is 9.47 Å². The summed E-state index contributed by atoms with van der Waals surface area (Å²) in [6.45, 7) is 1.66. The molecule has 1 aromatic heterocycles. The Morgan fingerprint density at radius 2 is 1.73 bits per heavy atom. The molecular weight excluding hydrogens is 378 g/mol. The van der Waals surface area contributed by atoms with Crippen molar-refractivity contribution in [1.29, 1.82) is 0 Å². The highest BCUT2D eigenvalue weighted by molar-refractivity contribution is 5.93. The van der Waals surface area contributed by atoms with Crippen LogP contribution in [0.3, 0.4) is 0 Å². The Morgan fingerprint density at radius 3 is 2.43 bits per heavy atom. The van der Waals surface area contributed by atoms with E-state index in [0.29, 0.717) is 11.5 Å². The van der Waals surface area contributed by atoms with Crippen LogP contribution in [0.5, 0.6) is 11.5 Å². The maximum atomic E-state index is 12.5.